The molecule has 0 saturated heterocycles. The fourth-order valence-electron chi connectivity index (χ4n) is 1.31. The van der Waals surface area contributed by atoms with Crippen LogP contribution in [-0.4, -0.2) is 0 Å². The summed E-state index contributed by atoms with van der Waals surface area (Å²) in [4.78, 5) is 0. The summed E-state index contributed by atoms with van der Waals surface area (Å²) in [7, 11) is 0. The van der Waals surface area contributed by atoms with E-state index in [1.54, 1.807) is 0 Å². The molecule has 0 unspecified atom stereocenters. The maximum Gasteiger partial charge on any atom is 0.0412 e. The molecule has 0 N–H and O–H groups in total. The van der Waals surface area contributed by atoms with E-state index in [4.69, 9.17) is 11.6 Å². The number of benzene rings is 1. The minimum absolute atomic E-state index is 0.791. The number of rotatable bonds is 1. The number of halogens is 1. The van der Waals surface area contributed by atoms with E-state index in [0.29, 0.717) is 0 Å². The first-order chi connectivity index (χ1) is 6.65. The predicted octanol–water partition coefficient (Wildman–Crippen LogP) is 2.89. The Bertz CT molecular complexity index is 449. The van der Waals surface area contributed by atoms with Crippen LogP contribution in [0.1, 0.15) is 20.8 Å². The Hall–Kier alpha value is -1.01. The van der Waals surface area contributed by atoms with E-state index in [0.717, 1.165) is 5.02 Å². The Morgan fingerprint density at radius 1 is 1.29 bits per heavy atom. The molecule has 74 valence electrons. The highest BCUT2D eigenvalue weighted by atomic mass is 35.5. The monoisotopic (exact) mass is 206 g/mol. The van der Waals surface area contributed by atoms with E-state index >= 15 is 0 Å². The highest BCUT2D eigenvalue weighted by Crippen LogP contribution is 2.00. The quantitative estimate of drug-likeness (QED) is 0.663. The van der Waals surface area contributed by atoms with Crippen molar-refractivity contribution in [1.29, 1.82) is 0 Å². The molecule has 0 aromatic heterocycles. The third-order valence-corrected chi connectivity index (χ3v) is 2.26. The first-order valence-electron chi connectivity index (χ1n) is 4.71. The van der Waals surface area contributed by atoms with Gasteiger partial charge in [-0.2, -0.15) is 0 Å². The van der Waals surface area contributed by atoms with E-state index in [-0.39, 0.29) is 0 Å². The zero-order valence-electron chi connectivity index (χ0n) is 8.84. The molecule has 0 saturated carbocycles. The van der Waals surface area contributed by atoms with Gasteiger partial charge in [0.1, 0.15) is 0 Å². The number of hydrogen-bond donors (Lipinski definition) is 0. The zero-order chi connectivity index (χ0) is 10.6. The van der Waals surface area contributed by atoms with Crippen molar-refractivity contribution in [2.75, 3.05) is 0 Å². The molecular formula is C13H15Cl. The highest BCUT2D eigenvalue weighted by molar-refractivity contribution is 6.30. The van der Waals surface area contributed by atoms with Gasteiger partial charge in [0.25, 0.3) is 0 Å². The Morgan fingerprint density at radius 2 is 2.00 bits per heavy atom. The third-order valence-electron chi connectivity index (χ3n) is 2.02. The van der Waals surface area contributed by atoms with E-state index < -0.39 is 0 Å². The lowest BCUT2D eigenvalue weighted by atomic mass is 10.1. The third kappa shape index (κ3) is 2.74. The Morgan fingerprint density at radius 3 is 2.57 bits per heavy atom. The second-order valence-corrected chi connectivity index (χ2v) is 3.86. The molecule has 0 bridgehead atoms. The summed E-state index contributed by atoms with van der Waals surface area (Å²) in [6, 6.07) is 5.97. The van der Waals surface area contributed by atoms with Crippen molar-refractivity contribution in [3.63, 3.8) is 0 Å². The van der Waals surface area contributed by atoms with Gasteiger partial charge in [0.2, 0.25) is 0 Å². The van der Waals surface area contributed by atoms with Gasteiger partial charge >= 0.3 is 0 Å². The Kier molecular flexibility index (Phi) is 3.97. The smallest absolute Gasteiger partial charge is 0.0412 e. The molecule has 0 atom stereocenters. The van der Waals surface area contributed by atoms with Gasteiger partial charge < -0.3 is 0 Å². The van der Waals surface area contributed by atoms with Crippen LogP contribution in [0, 0.1) is 0 Å². The molecule has 1 aromatic carbocycles. The molecule has 0 aliphatic heterocycles. The molecule has 0 fully saturated rings. The summed E-state index contributed by atoms with van der Waals surface area (Å²) in [5.74, 6) is 0. The molecule has 0 aliphatic rings. The molecule has 1 aromatic rings. The summed E-state index contributed by atoms with van der Waals surface area (Å²) < 4.78 is 0. The van der Waals surface area contributed by atoms with Crippen molar-refractivity contribution in [2.24, 2.45) is 0 Å². The highest BCUT2D eigenvalue weighted by Gasteiger charge is 1.90. The maximum absolute atomic E-state index is 5.95. The lowest BCUT2D eigenvalue weighted by Gasteiger charge is -1.95. The fraction of sp³-hybridized carbons (Fsp3) is 0.231. The Balaban J connectivity index is 3.54. The van der Waals surface area contributed by atoms with Crippen LogP contribution >= 0.6 is 11.6 Å². The van der Waals surface area contributed by atoms with Gasteiger partial charge in [-0.3, -0.25) is 0 Å². The van der Waals surface area contributed by atoms with E-state index in [2.05, 4.69) is 19.9 Å². The van der Waals surface area contributed by atoms with E-state index in [9.17, 15) is 0 Å². The van der Waals surface area contributed by atoms with Gasteiger partial charge in [-0.05, 0) is 43.3 Å². The average molecular weight is 207 g/mol. The fourth-order valence-corrected chi connectivity index (χ4v) is 1.48. The summed E-state index contributed by atoms with van der Waals surface area (Å²) in [6.07, 6.45) is 6.15. The molecule has 0 heterocycles. The predicted molar refractivity (Wildman–Crippen MR) is 64.7 cm³/mol. The normalized spacial score (nSPS) is 12.4. The summed E-state index contributed by atoms with van der Waals surface area (Å²) in [6.45, 7) is 6.20. The molecule has 0 amide bonds. The van der Waals surface area contributed by atoms with E-state index in [1.807, 2.05) is 37.3 Å². The molecule has 1 heteroatoms. The van der Waals surface area contributed by atoms with E-state index in [1.165, 1.54) is 16.0 Å². The van der Waals surface area contributed by atoms with Crippen molar-refractivity contribution in [1.82, 2.24) is 0 Å². The van der Waals surface area contributed by atoms with Gasteiger partial charge in [0.05, 0.1) is 0 Å². The van der Waals surface area contributed by atoms with Crippen LogP contribution in [0.4, 0.5) is 0 Å². The summed E-state index contributed by atoms with van der Waals surface area (Å²) >= 11 is 5.95. The molecule has 0 aliphatic carbocycles. The van der Waals surface area contributed by atoms with Gasteiger partial charge in [-0.15, -0.1) is 0 Å². The first-order valence-corrected chi connectivity index (χ1v) is 5.09. The summed E-state index contributed by atoms with van der Waals surface area (Å²) in [5.41, 5.74) is 1.28. The number of hydrogen-bond acceptors (Lipinski definition) is 0. The lowest BCUT2D eigenvalue weighted by Crippen LogP contribution is -2.25. The summed E-state index contributed by atoms with van der Waals surface area (Å²) in [5, 5.41) is 3.22. The van der Waals surface area contributed by atoms with Crippen LogP contribution < -0.4 is 10.4 Å². The van der Waals surface area contributed by atoms with Crippen molar-refractivity contribution >= 4 is 23.3 Å². The topological polar surface area (TPSA) is 0 Å². The number of allylic oxidation sites excluding steroid dienone is 2. The molecule has 14 heavy (non-hydrogen) atoms. The SMILES string of the molecule is C/C=C/C=c1/ccc(Cl)cc1=C(C)C. The minimum atomic E-state index is 0.791. The van der Waals surface area contributed by atoms with Crippen molar-refractivity contribution in [3.05, 3.63) is 45.8 Å². The maximum atomic E-state index is 5.95. The van der Waals surface area contributed by atoms with Gasteiger partial charge in [-0.1, -0.05) is 41.5 Å². The molecule has 0 radical (unpaired) electrons. The largest absolute Gasteiger partial charge is 0.0876 e. The lowest BCUT2D eigenvalue weighted by molar-refractivity contribution is 1.44. The van der Waals surface area contributed by atoms with Crippen molar-refractivity contribution in [3.8, 4) is 0 Å². The standard InChI is InChI=1S/C13H15Cl/c1-4-5-6-11-7-8-12(14)9-13(11)10(2)3/h4-9H,1-3H3/b5-4+,11-6-. The van der Waals surface area contributed by atoms with Gasteiger partial charge in [0.15, 0.2) is 0 Å². The zero-order valence-corrected chi connectivity index (χ0v) is 9.60. The molecular weight excluding hydrogens is 192 g/mol. The molecule has 0 nitrogen and oxygen atoms in total. The van der Waals surface area contributed by atoms with Crippen LogP contribution in [0.15, 0.2) is 30.4 Å². The van der Waals surface area contributed by atoms with Crippen LogP contribution in [0.3, 0.4) is 0 Å². The van der Waals surface area contributed by atoms with Gasteiger partial charge in [0, 0.05) is 5.02 Å². The van der Waals surface area contributed by atoms with Crippen molar-refractivity contribution in [2.45, 2.75) is 20.8 Å². The van der Waals surface area contributed by atoms with Crippen LogP contribution in [-0.2, 0) is 0 Å². The van der Waals surface area contributed by atoms with Gasteiger partial charge in [-0.25, -0.2) is 0 Å². The molecule has 1 rings (SSSR count). The van der Waals surface area contributed by atoms with Crippen molar-refractivity contribution < 1.29 is 0 Å². The Labute approximate surface area is 90.2 Å². The van der Waals surface area contributed by atoms with Crippen LogP contribution in [0.2, 0.25) is 5.02 Å². The second kappa shape index (κ2) is 5.02. The van der Waals surface area contributed by atoms with Crippen LogP contribution in [0.25, 0.3) is 11.6 Å². The average Bonchev–Trinajstić information content (AvgIpc) is 2.15. The second-order valence-electron chi connectivity index (χ2n) is 3.42. The molecule has 0 spiro atoms. The van der Waals surface area contributed by atoms with Crippen LogP contribution in [0.5, 0.6) is 0 Å². The minimum Gasteiger partial charge on any atom is -0.0876 e. The first kappa shape index (κ1) is 11.1.